The second kappa shape index (κ2) is 10.3. The summed E-state index contributed by atoms with van der Waals surface area (Å²) in [6.45, 7) is 0.0599. The number of alkyl halides is 6. The van der Waals surface area contributed by atoms with Crippen molar-refractivity contribution in [3.8, 4) is 17.0 Å². The van der Waals surface area contributed by atoms with E-state index in [4.69, 9.17) is 16.3 Å². The Bertz CT molecular complexity index is 1560. The quantitative estimate of drug-likeness (QED) is 0.202. The van der Waals surface area contributed by atoms with E-state index in [2.05, 4.69) is 20.5 Å². The number of hydrogen-bond donors (Lipinski definition) is 1. The van der Waals surface area contributed by atoms with Crippen LogP contribution in [0.15, 0.2) is 36.4 Å². The third-order valence-corrected chi connectivity index (χ3v) is 6.71. The van der Waals surface area contributed by atoms with Crippen molar-refractivity contribution in [2.45, 2.75) is 44.1 Å². The third kappa shape index (κ3) is 5.58. The molecule has 1 N–H and O–H groups in total. The predicted octanol–water partition coefficient (Wildman–Crippen LogP) is 5.99. The molecule has 40 heavy (non-hydrogen) atoms. The number of aryl methyl sites for hydroxylation is 1. The molecule has 0 spiro atoms. The zero-order valence-corrected chi connectivity index (χ0v) is 21.5. The van der Waals surface area contributed by atoms with Gasteiger partial charge in [0.1, 0.15) is 5.75 Å². The summed E-state index contributed by atoms with van der Waals surface area (Å²) in [5.74, 6) is -0.340. The maximum Gasteiger partial charge on any atom is 0.436 e. The molecule has 1 amide bonds. The number of carbonyl (C=O) groups excluding carboxylic acids is 1. The van der Waals surface area contributed by atoms with E-state index in [0.29, 0.717) is 34.4 Å². The minimum Gasteiger partial charge on any atom is -0.497 e. The number of hydrogen-bond acceptors (Lipinski definition) is 5. The number of ether oxygens (including phenoxy) is 1. The molecule has 0 radical (unpaired) electrons. The molecule has 0 saturated heterocycles. The van der Waals surface area contributed by atoms with E-state index in [9.17, 15) is 31.1 Å². The van der Waals surface area contributed by atoms with E-state index in [-0.39, 0.29) is 42.5 Å². The number of halogens is 7. The van der Waals surface area contributed by atoms with E-state index >= 15 is 0 Å². The van der Waals surface area contributed by atoms with Crippen LogP contribution in [0.3, 0.4) is 0 Å². The lowest BCUT2D eigenvalue weighted by Gasteiger charge is -2.11. The average Bonchev–Trinajstić information content (AvgIpc) is 3.53. The van der Waals surface area contributed by atoms with Gasteiger partial charge in [-0.25, -0.2) is 9.50 Å². The van der Waals surface area contributed by atoms with Gasteiger partial charge in [0.25, 0.3) is 5.91 Å². The zero-order chi connectivity index (χ0) is 28.8. The number of aromatic nitrogens is 5. The fourth-order valence-electron chi connectivity index (χ4n) is 4.27. The van der Waals surface area contributed by atoms with Crippen LogP contribution in [0.5, 0.6) is 5.75 Å². The first kappa shape index (κ1) is 27.7. The molecule has 0 bridgehead atoms. The van der Waals surface area contributed by atoms with Crippen LogP contribution in [0.4, 0.5) is 26.3 Å². The Morgan fingerprint density at radius 1 is 1.07 bits per heavy atom. The standard InChI is InChI=1S/C25H21ClF6N6O2/c1-40-15-7-5-13(6-8-15)16-11-18(24(27,28)29)38-19(34-16)12-17(35-38)23(39)33-9-2-10-37-21(14-3-4-14)20(26)22(36-37)25(30,31)32/h5-8,11-12,14H,2-4,9-10H2,1H3,(H,33,39). The van der Waals surface area contributed by atoms with Crippen LogP contribution in [0.2, 0.25) is 5.02 Å². The van der Waals surface area contributed by atoms with E-state index in [0.717, 1.165) is 12.1 Å². The van der Waals surface area contributed by atoms with E-state index in [1.807, 2.05) is 0 Å². The van der Waals surface area contributed by atoms with Crippen molar-refractivity contribution in [2.75, 3.05) is 13.7 Å². The van der Waals surface area contributed by atoms with Crippen molar-refractivity contribution < 1.29 is 35.9 Å². The topological polar surface area (TPSA) is 86.3 Å². The highest BCUT2D eigenvalue weighted by molar-refractivity contribution is 6.32. The normalized spacial score (nSPS) is 14.1. The number of nitrogens with one attached hydrogen (secondary N) is 1. The molecule has 0 unspecified atom stereocenters. The number of fused-ring (bicyclic) bond motifs is 1. The van der Waals surface area contributed by atoms with Gasteiger partial charge in [0.05, 0.1) is 23.5 Å². The SMILES string of the molecule is COc1ccc(-c2cc(C(F)(F)F)n3nc(C(=O)NCCCn4nc(C(F)(F)F)c(Cl)c4C4CC4)cc3n2)cc1. The van der Waals surface area contributed by atoms with Crippen LogP contribution in [0.25, 0.3) is 16.9 Å². The summed E-state index contributed by atoms with van der Waals surface area (Å²) in [6.07, 6.45) is -7.87. The lowest BCUT2D eigenvalue weighted by Crippen LogP contribution is -2.26. The minimum atomic E-state index is -4.79. The number of methoxy groups -OCH3 is 1. The van der Waals surface area contributed by atoms with Gasteiger partial charge >= 0.3 is 12.4 Å². The Morgan fingerprint density at radius 2 is 1.77 bits per heavy atom. The van der Waals surface area contributed by atoms with Crippen LogP contribution in [0.1, 0.15) is 52.8 Å². The van der Waals surface area contributed by atoms with Gasteiger partial charge < -0.3 is 10.1 Å². The first-order valence-corrected chi connectivity index (χ1v) is 12.5. The third-order valence-electron chi connectivity index (χ3n) is 6.33. The van der Waals surface area contributed by atoms with Crippen LogP contribution >= 0.6 is 11.6 Å². The van der Waals surface area contributed by atoms with Gasteiger partial charge in [0.2, 0.25) is 0 Å². The summed E-state index contributed by atoms with van der Waals surface area (Å²) in [5, 5.41) is 9.56. The second-order valence-electron chi connectivity index (χ2n) is 9.20. The lowest BCUT2D eigenvalue weighted by molar-refractivity contribution is -0.143. The molecule has 1 aliphatic carbocycles. The molecule has 3 heterocycles. The van der Waals surface area contributed by atoms with Crippen molar-refractivity contribution in [3.63, 3.8) is 0 Å². The highest BCUT2D eigenvalue weighted by atomic mass is 35.5. The maximum atomic E-state index is 13.9. The Morgan fingerprint density at radius 3 is 2.38 bits per heavy atom. The highest BCUT2D eigenvalue weighted by Crippen LogP contribution is 2.47. The van der Waals surface area contributed by atoms with Gasteiger partial charge in [-0.1, -0.05) is 11.6 Å². The molecule has 1 fully saturated rings. The molecule has 0 atom stereocenters. The number of amides is 1. The van der Waals surface area contributed by atoms with Crippen molar-refractivity contribution in [3.05, 3.63) is 64.2 Å². The second-order valence-corrected chi connectivity index (χ2v) is 9.58. The van der Waals surface area contributed by atoms with Gasteiger partial charge in [-0.3, -0.25) is 9.48 Å². The molecular formula is C25H21ClF6N6O2. The first-order valence-electron chi connectivity index (χ1n) is 12.1. The first-order chi connectivity index (χ1) is 18.9. The van der Waals surface area contributed by atoms with E-state index in [1.165, 1.54) is 11.8 Å². The maximum absolute atomic E-state index is 13.9. The lowest BCUT2D eigenvalue weighted by atomic mass is 10.1. The Labute approximate surface area is 227 Å². The molecule has 8 nitrogen and oxygen atoms in total. The van der Waals surface area contributed by atoms with Crippen molar-refractivity contribution >= 4 is 23.2 Å². The van der Waals surface area contributed by atoms with E-state index in [1.54, 1.807) is 24.3 Å². The minimum absolute atomic E-state index is 0.00625. The summed E-state index contributed by atoms with van der Waals surface area (Å²) >= 11 is 5.96. The zero-order valence-electron chi connectivity index (χ0n) is 20.8. The van der Waals surface area contributed by atoms with Crippen LogP contribution < -0.4 is 10.1 Å². The monoisotopic (exact) mass is 586 g/mol. The van der Waals surface area contributed by atoms with Gasteiger partial charge in [-0.2, -0.15) is 36.5 Å². The van der Waals surface area contributed by atoms with Gasteiger partial charge in [-0.15, -0.1) is 0 Å². The predicted molar refractivity (Wildman–Crippen MR) is 131 cm³/mol. The van der Waals surface area contributed by atoms with Gasteiger partial charge in [0.15, 0.2) is 22.7 Å². The smallest absolute Gasteiger partial charge is 0.436 e. The number of nitrogens with zero attached hydrogens (tertiary/aromatic N) is 5. The fourth-order valence-corrected chi connectivity index (χ4v) is 4.67. The molecule has 5 rings (SSSR count). The largest absolute Gasteiger partial charge is 0.497 e. The van der Waals surface area contributed by atoms with Crippen LogP contribution in [0, 0.1) is 0 Å². The molecule has 3 aromatic heterocycles. The van der Waals surface area contributed by atoms with E-state index < -0.39 is 34.7 Å². The highest BCUT2D eigenvalue weighted by Gasteiger charge is 2.42. The molecule has 1 saturated carbocycles. The molecule has 4 aromatic rings. The Kier molecular flexibility index (Phi) is 7.15. The summed E-state index contributed by atoms with van der Waals surface area (Å²) < 4.78 is 88.1. The fraction of sp³-hybridized carbons (Fsp3) is 0.360. The molecule has 1 aromatic carbocycles. The van der Waals surface area contributed by atoms with Crippen LogP contribution in [-0.4, -0.2) is 43.9 Å². The summed E-state index contributed by atoms with van der Waals surface area (Å²) in [4.78, 5) is 16.9. The summed E-state index contributed by atoms with van der Waals surface area (Å²) in [6, 6.07) is 8.25. The van der Waals surface area contributed by atoms with Crippen molar-refractivity contribution in [1.29, 1.82) is 0 Å². The molecule has 1 aliphatic rings. The Balaban J connectivity index is 1.32. The number of benzene rings is 1. The van der Waals surface area contributed by atoms with Crippen LogP contribution in [-0.2, 0) is 18.9 Å². The number of rotatable bonds is 8. The molecule has 15 heteroatoms. The molecule has 212 valence electrons. The summed E-state index contributed by atoms with van der Waals surface area (Å²) in [5.41, 5.74) is -2.01. The van der Waals surface area contributed by atoms with Crippen molar-refractivity contribution in [1.82, 2.24) is 29.7 Å². The van der Waals surface area contributed by atoms with Gasteiger partial charge in [-0.05, 0) is 49.6 Å². The van der Waals surface area contributed by atoms with Gasteiger partial charge in [0, 0.05) is 30.6 Å². The molecular weight excluding hydrogens is 566 g/mol. The Hall–Kier alpha value is -3.81. The number of carbonyl (C=O) groups is 1. The average molecular weight is 587 g/mol. The summed E-state index contributed by atoms with van der Waals surface area (Å²) in [7, 11) is 1.46. The van der Waals surface area contributed by atoms with Crippen molar-refractivity contribution in [2.24, 2.45) is 0 Å². The molecule has 0 aliphatic heterocycles.